The smallest absolute Gasteiger partial charge is 0.327 e. The van der Waals surface area contributed by atoms with E-state index in [-0.39, 0.29) is 11.7 Å². The minimum Gasteiger partial charge on any atom is -0.508 e. The molecule has 0 aliphatic carbocycles. The van der Waals surface area contributed by atoms with Gasteiger partial charge in [-0.15, -0.1) is 0 Å². The third-order valence-electron chi connectivity index (χ3n) is 3.33. The highest BCUT2D eigenvalue weighted by atomic mass is 16.5. The molecule has 0 amide bonds. The Balaban J connectivity index is 2.66. The van der Waals surface area contributed by atoms with Crippen LogP contribution >= 0.6 is 0 Å². The Kier molecular flexibility index (Phi) is 7.04. The molecule has 5 nitrogen and oxygen atoms in total. The topological polar surface area (TPSA) is 61.8 Å². The summed E-state index contributed by atoms with van der Waals surface area (Å²) in [7, 11) is 1.38. The Morgan fingerprint density at radius 3 is 2.40 bits per heavy atom. The van der Waals surface area contributed by atoms with E-state index in [1.807, 2.05) is 0 Å². The number of carbonyl (C=O) groups is 1. The predicted octanol–water partition coefficient (Wildman–Crippen LogP) is 1.54. The number of esters is 1. The molecule has 1 aromatic rings. The number of aromatic hydroxyl groups is 1. The lowest BCUT2D eigenvalue weighted by molar-refractivity contribution is -0.143. The van der Waals surface area contributed by atoms with Gasteiger partial charge in [0.25, 0.3) is 0 Å². The summed E-state index contributed by atoms with van der Waals surface area (Å²) in [4.78, 5) is 14.1. The van der Waals surface area contributed by atoms with Gasteiger partial charge in [0.15, 0.2) is 0 Å². The number of likely N-dealkylation sites (N-methyl/N-ethyl adjacent to an activating group) is 1. The Labute approximate surface area is 120 Å². The molecule has 20 heavy (non-hydrogen) atoms. The lowest BCUT2D eigenvalue weighted by atomic mass is 10.1. The van der Waals surface area contributed by atoms with Crippen molar-refractivity contribution in [2.75, 3.05) is 33.3 Å². The minimum atomic E-state index is -0.504. The summed E-state index contributed by atoms with van der Waals surface area (Å²) >= 11 is 0. The molecule has 0 aliphatic heterocycles. The summed E-state index contributed by atoms with van der Waals surface area (Å²) in [5.41, 5.74) is 0.786. The maximum atomic E-state index is 11.9. The van der Waals surface area contributed by atoms with Gasteiger partial charge in [-0.05, 0) is 30.8 Å². The highest BCUT2D eigenvalue weighted by Gasteiger charge is 2.20. The van der Waals surface area contributed by atoms with E-state index in [1.54, 1.807) is 24.3 Å². The standard InChI is InChI=1S/C15H24N2O3/c1-4-17(5-2)11-10-16-14(15(19)20-3)12-6-8-13(18)9-7-12/h6-9,14,16,18H,4-5,10-11H2,1-3H3. The lowest BCUT2D eigenvalue weighted by Gasteiger charge is -2.21. The lowest BCUT2D eigenvalue weighted by Crippen LogP contribution is -2.36. The average molecular weight is 280 g/mol. The Hall–Kier alpha value is -1.59. The first kappa shape index (κ1) is 16.5. The van der Waals surface area contributed by atoms with Crippen molar-refractivity contribution in [2.45, 2.75) is 19.9 Å². The molecule has 0 bridgehead atoms. The first-order valence-corrected chi connectivity index (χ1v) is 6.94. The number of nitrogens with one attached hydrogen (secondary N) is 1. The van der Waals surface area contributed by atoms with Gasteiger partial charge in [-0.25, -0.2) is 4.79 Å². The predicted molar refractivity (Wildman–Crippen MR) is 78.7 cm³/mol. The van der Waals surface area contributed by atoms with Crippen LogP contribution in [0.1, 0.15) is 25.5 Å². The van der Waals surface area contributed by atoms with E-state index in [0.717, 1.165) is 25.2 Å². The number of rotatable bonds is 8. The van der Waals surface area contributed by atoms with Crippen molar-refractivity contribution >= 4 is 5.97 Å². The largest absolute Gasteiger partial charge is 0.508 e. The maximum Gasteiger partial charge on any atom is 0.327 e. The van der Waals surface area contributed by atoms with Crippen molar-refractivity contribution < 1.29 is 14.6 Å². The molecular weight excluding hydrogens is 256 g/mol. The number of ether oxygens (including phenoxy) is 1. The Morgan fingerprint density at radius 1 is 1.30 bits per heavy atom. The Morgan fingerprint density at radius 2 is 1.90 bits per heavy atom. The van der Waals surface area contributed by atoms with Crippen molar-refractivity contribution in [1.29, 1.82) is 0 Å². The zero-order chi connectivity index (χ0) is 15.0. The van der Waals surface area contributed by atoms with Gasteiger partial charge in [-0.1, -0.05) is 26.0 Å². The third kappa shape index (κ3) is 4.83. The minimum absolute atomic E-state index is 0.181. The first-order valence-electron chi connectivity index (χ1n) is 6.94. The van der Waals surface area contributed by atoms with Crippen molar-refractivity contribution in [3.8, 4) is 5.75 Å². The SMILES string of the molecule is CCN(CC)CCNC(C(=O)OC)c1ccc(O)cc1. The molecule has 1 atom stereocenters. The molecule has 0 fully saturated rings. The molecule has 1 rings (SSSR count). The molecule has 0 aliphatic rings. The van der Waals surface area contributed by atoms with E-state index in [9.17, 15) is 9.90 Å². The second-order valence-electron chi connectivity index (χ2n) is 4.53. The van der Waals surface area contributed by atoms with Crippen LogP contribution < -0.4 is 5.32 Å². The molecule has 2 N–H and O–H groups in total. The first-order chi connectivity index (χ1) is 9.62. The zero-order valence-electron chi connectivity index (χ0n) is 12.4. The summed E-state index contributed by atoms with van der Waals surface area (Å²) in [5, 5.41) is 12.5. The Bertz CT molecular complexity index is 402. The third-order valence-corrected chi connectivity index (χ3v) is 3.33. The van der Waals surface area contributed by atoms with Crippen LogP contribution in [0, 0.1) is 0 Å². The molecule has 0 saturated heterocycles. The zero-order valence-corrected chi connectivity index (χ0v) is 12.4. The molecule has 1 unspecified atom stereocenters. The van der Waals surface area contributed by atoms with Crippen LogP contribution in [0.15, 0.2) is 24.3 Å². The van der Waals surface area contributed by atoms with E-state index in [2.05, 4.69) is 24.1 Å². The molecule has 1 aromatic carbocycles. The summed E-state index contributed by atoms with van der Waals surface area (Å²) < 4.78 is 4.83. The quantitative estimate of drug-likeness (QED) is 0.707. The van der Waals surface area contributed by atoms with Crippen LogP contribution in [-0.2, 0) is 9.53 Å². The highest BCUT2D eigenvalue weighted by Crippen LogP contribution is 2.17. The molecular formula is C15H24N2O3. The van der Waals surface area contributed by atoms with Crippen LogP contribution in [0.5, 0.6) is 5.75 Å². The van der Waals surface area contributed by atoms with Crippen molar-refractivity contribution in [2.24, 2.45) is 0 Å². The van der Waals surface area contributed by atoms with E-state index in [1.165, 1.54) is 7.11 Å². The number of hydrogen-bond donors (Lipinski definition) is 2. The molecule has 0 heterocycles. The number of phenols is 1. The van der Waals surface area contributed by atoms with E-state index >= 15 is 0 Å². The number of carbonyl (C=O) groups excluding carboxylic acids is 1. The van der Waals surface area contributed by atoms with E-state index < -0.39 is 6.04 Å². The summed E-state index contributed by atoms with van der Waals surface area (Å²) in [6.45, 7) is 7.77. The van der Waals surface area contributed by atoms with Gasteiger partial charge in [-0.3, -0.25) is 5.32 Å². The highest BCUT2D eigenvalue weighted by molar-refractivity contribution is 5.77. The van der Waals surface area contributed by atoms with Crippen LogP contribution in [0.4, 0.5) is 0 Å². The second kappa shape index (κ2) is 8.55. The fourth-order valence-corrected chi connectivity index (χ4v) is 2.03. The molecule has 0 aromatic heterocycles. The van der Waals surface area contributed by atoms with Crippen molar-refractivity contribution in [1.82, 2.24) is 10.2 Å². The van der Waals surface area contributed by atoms with Gasteiger partial charge in [-0.2, -0.15) is 0 Å². The fourth-order valence-electron chi connectivity index (χ4n) is 2.03. The van der Waals surface area contributed by atoms with Gasteiger partial charge in [0.05, 0.1) is 7.11 Å². The monoisotopic (exact) mass is 280 g/mol. The van der Waals surface area contributed by atoms with E-state index in [0.29, 0.717) is 6.54 Å². The number of nitrogens with zero attached hydrogens (tertiary/aromatic N) is 1. The molecule has 0 saturated carbocycles. The van der Waals surface area contributed by atoms with Crippen LogP contribution in [-0.4, -0.2) is 49.3 Å². The normalized spacial score (nSPS) is 12.4. The summed E-state index contributed by atoms with van der Waals surface area (Å²) in [6.07, 6.45) is 0. The fraction of sp³-hybridized carbons (Fsp3) is 0.533. The van der Waals surface area contributed by atoms with E-state index in [4.69, 9.17) is 4.74 Å². The number of phenolic OH excluding ortho intramolecular Hbond substituents is 1. The number of benzene rings is 1. The van der Waals surface area contributed by atoms with Gasteiger partial charge in [0.1, 0.15) is 11.8 Å². The van der Waals surface area contributed by atoms with Crippen LogP contribution in [0.3, 0.4) is 0 Å². The molecule has 5 heteroatoms. The summed E-state index contributed by atoms with van der Waals surface area (Å²) in [5.74, 6) is -0.143. The molecule has 0 spiro atoms. The van der Waals surface area contributed by atoms with Crippen LogP contribution in [0.25, 0.3) is 0 Å². The van der Waals surface area contributed by atoms with Crippen LogP contribution in [0.2, 0.25) is 0 Å². The second-order valence-corrected chi connectivity index (χ2v) is 4.53. The maximum absolute atomic E-state index is 11.9. The van der Waals surface area contributed by atoms with Gasteiger partial charge in [0.2, 0.25) is 0 Å². The van der Waals surface area contributed by atoms with Gasteiger partial charge >= 0.3 is 5.97 Å². The number of hydrogen-bond acceptors (Lipinski definition) is 5. The van der Waals surface area contributed by atoms with Gasteiger partial charge in [0, 0.05) is 13.1 Å². The number of methoxy groups -OCH3 is 1. The molecule has 0 radical (unpaired) electrons. The van der Waals surface area contributed by atoms with Crippen molar-refractivity contribution in [3.63, 3.8) is 0 Å². The summed E-state index contributed by atoms with van der Waals surface area (Å²) in [6, 6.07) is 6.08. The average Bonchev–Trinajstić information content (AvgIpc) is 2.48. The van der Waals surface area contributed by atoms with Gasteiger partial charge < -0.3 is 14.7 Å². The van der Waals surface area contributed by atoms with Crippen molar-refractivity contribution in [3.05, 3.63) is 29.8 Å². The molecule has 112 valence electrons.